The standard InChI is InChI=1S/C16H10N2/c1-3-12-9-11-18(4-2)16-14(12)8-7-13-6-5-10-17-15(13)16/h1-2,5-10H,11H2. The maximum atomic E-state index is 5.56. The Morgan fingerprint density at radius 1 is 1.22 bits per heavy atom. The summed E-state index contributed by atoms with van der Waals surface area (Å²) < 4.78 is 0. The Kier molecular flexibility index (Phi) is 2.29. The van der Waals surface area contributed by atoms with Gasteiger partial charge in [0.2, 0.25) is 0 Å². The molecule has 2 nitrogen and oxygen atoms in total. The molecule has 1 aromatic heterocycles. The van der Waals surface area contributed by atoms with Crippen LogP contribution in [0.1, 0.15) is 5.56 Å². The lowest BCUT2D eigenvalue weighted by Crippen LogP contribution is -2.21. The van der Waals surface area contributed by atoms with Crippen molar-refractivity contribution in [2.24, 2.45) is 0 Å². The van der Waals surface area contributed by atoms with Gasteiger partial charge in [-0.1, -0.05) is 30.5 Å². The first-order chi connectivity index (χ1) is 8.85. The zero-order chi connectivity index (χ0) is 12.5. The van der Waals surface area contributed by atoms with Gasteiger partial charge in [-0.05, 0) is 12.1 Å². The van der Waals surface area contributed by atoms with Crippen molar-refractivity contribution in [3.8, 4) is 24.8 Å². The smallest absolute Gasteiger partial charge is 0.0951 e. The molecule has 0 saturated carbocycles. The molecule has 0 bridgehead atoms. The van der Waals surface area contributed by atoms with Gasteiger partial charge in [0.25, 0.3) is 0 Å². The largest absolute Gasteiger partial charge is 0.295 e. The summed E-state index contributed by atoms with van der Waals surface area (Å²) in [6.07, 6.45) is 14.8. The van der Waals surface area contributed by atoms with Crippen molar-refractivity contribution in [3.63, 3.8) is 0 Å². The van der Waals surface area contributed by atoms with Crippen molar-refractivity contribution >= 4 is 22.2 Å². The second-order valence-electron chi connectivity index (χ2n) is 4.04. The Bertz CT molecular complexity index is 742. The lowest BCUT2D eigenvalue weighted by atomic mass is 9.97. The van der Waals surface area contributed by atoms with Gasteiger partial charge in [0.05, 0.1) is 17.7 Å². The number of hydrogen-bond acceptors (Lipinski definition) is 2. The minimum atomic E-state index is 0.624. The number of aromatic nitrogens is 1. The van der Waals surface area contributed by atoms with E-state index in [0.29, 0.717) is 6.54 Å². The Morgan fingerprint density at radius 2 is 2.11 bits per heavy atom. The highest BCUT2D eigenvalue weighted by Crippen LogP contribution is 2.36. The van der Waals surface area contributed by atoms with Crippen molar-refractivity contribution in [3.05, 3.63) is 42.1 Å². The molecule has 84 valence electrons. The van der Waals surface area contributed by atoms with E-state index < -0.39 is 0 Å². The van der Waals surface area contributed by atoms with Gasteiger partial charge in [-0.15, -0.1) is 6.42 Å². The number of benzene rings is 1. The van der Waals surface area contributed by atoms with Gasteiger partial charge < -0.3 is 0 Å². The van der Waals surface area contributed by atoms with Crippen molar-refractivity contribution in [1.29, 1.82) is 0 Å². The van der Waals surface area contributed by atoms with E-state index in [1.165, 1.54) is 0 Å². The van der Waals surface area contributed by atoms with Gasteiger partial charge in [-0.3, -0.25) is 9.88 Å². The van der Waals surface area contributed by atoms with Crippen LogP contribution >= 0.6 is 0 Å². The Morgan fingerprint density at radius 3 is 2.89 bits per heavy atom. The van der Waals surface area contributed by atoms with E-state index in [1.807, 2.05) is 35.2 Å². The van der Waals surface area contributed by atoms with Crippen LogP contribution in [0.15, 0.2) is 36.5 Å². The minimum absolute atomic E-state index is 0.624. The number of nitrogens with zero attached hydrogens (tertiary/aromatic N) is 2. The minimum Gasteiger partial charge on any atom is -0.295 e. The molecule has 0 radical (unpaired) electrons. The normalized spacial score (nSPS) is 13.4. The van der Waals surface area contributed by atoms with Crippen LogP contribution in [0.25, 0.3) is 16.5 Å². The van der Waals surface area contributed by atoms with Crippen molar-refractivity contribution in [2.45, 2.75) is 0 Å². The first-order valence-electron chi connectivity index (χ1n) is 5.64. The maximum absolute atomic E-state index is 5.56. The highest BCUT2D eigenvalue weighted by atomic mass is 15.1. The molecule has 0 amide bonds. The SMILES string of the molecule is C#CC1=CCN(C#C)c2c1ccc1cccnc21. The van der Waals surface area contributed by atoms with Gasteiger partial charge in [-0.2, -0.15) is 0 Å². The van der Waals surface area contributed by atoms with E-state index >= 15 is 0 Å². The topological polar surface area (TPSA) is 16.1 Å². The third-order valence-electron chi connectivity index (χ3n) is 3.10. The van der Waals surface area contributed by atoms with Gasteiger partial charge in [0, 0.05) is 28.8 Å². The molecule has 0 atom stereocenters. The molecule has 1 aromatic carbocycles. The highest BCUT2D eigenvalue weighted by molar-refractivity contribution is 6.02. The van der Waals surface area contributed by atoms with Crippen LogP contribution < -0.4 is 4.90 Å². The summed E-state index contributed by atoms with van der Waals surface area (Å²) in [6.45, 7) is 0.624. The number of terminal acetylenes is 2. The molecule has 0 aliphatic carbocycles. The summed E-state index contributed by atoms with van der Waals surface area (Å²) in [6, 6.07) is 10.6. The number of pyridine rings is 1. The second-order valence-corrected chi connectivity index (χ2v) is 4.04. The van der Waals surface area contributed by atoms with Crippen molar-refractivity contribution < 1.29 is 0 Å². The third-order valence-corrected chi connectivity index (χ3v) is 3.10. The van der Waals surface area contributed by atoms with E-state index in [4.69, 9.17) is 12.8 Å². The van der Waals surface area contributed by atoms with E-state index in [2.05, 4.69) is 16.9 Å². The van der Waals surface area contributed by atoms with Crippen LogP contribution in [0.5, 0.6) is 0 Å². The molecule has 2 heterocycles. The summed E-state index contributed by atoms with van der Waals surface area (Å²) in [5.41, 5.74) is 3.69. The Hall–Kier alpha value is -2.71. The monoisotopic (exact) mass is 230 g/mol. The molecule has 2 heteroatoms. The van der Waals surface area contributed by atoms with E-state index in [1.54, 1.807) is 6.20 Å². The number of anilines is 1. The van der Waals surface area contributed by atoms with E-state index in [0.717, 1.165) is 27.7 Å². The summed E-state index contributed by atoms with van der Waals surface area (Å²) in [7, 11) is 0. The summed E-state index contributed by atoms with van der Waals surface area (Å²) in [5.74, 6) is 2.71. The average molecular weight is 230 g/mol. The number of fused-ring (bicyclic) bond motifs is 3. The fourth-order valence-electron chi connectivity index (χ4n) is 2.26. The molecule has 2 aromatic rings. The average Bonchev–Trinajstić information content (AvgIpc) is 2.45. The summed E-state index contributed by atoms with van der Waals surface area (Å²) in [4.78, 5) is 6.27. The molecular weight excluding hydrogens is 220 g/mol. The first-order valence-corrected chi connectivity index (χ1v) is 5.64. The van der Waals surface area contributed by atoms with E-state index in [9.17, 15) is 0 Å². The molecule has 0 saturated heterocycles. The predicted molar refractivity (Wildman–Crippen MR) is 74.7 cm³/mol. The quantitative estimate of drug-likeness (QED) is 0.647. The molecule has 1 aliphatic rings. The van der Waals surface area contributed by atoms with Crippen molar-refractivity contribution in [2.75, 3.05) is 11.4 Å². The Labute approximate surface area is 106 Å². The van der Waals surface area contributed by atoms with Crippen LogP contribution in [0.3, 0.4) is 0 Å². The van der Waals surface area contributed by atoms with Gasteiger partial charge in [0.1, 0.15) is 0 Å². The maximum Gasteiger partial charge on any atom is 0.0951 e. The summed E-state index contributed by atoms with van der Waals surface area (Å²) >= 11 is 0. The van der Waals surface area contributed by atoms with Gasteiger partial charge in [-0.25, -0.2) is 0 Å². The Balaban J connectivity index is 2.41. The van der Waals surface area contributed by atoms with Crippen LogP contribution in [0.4, 0.5) is 5.69 Å². The first kappa shape index (κ1) is 10.4. The zero-order valence-corrected chi connectivity index (χ0v) is 9.72. The molecular formula is C16H10N2. The number of rotatable bonds is 0. The van der Waals surface area contributed by atoms with Gasteiger partial charge in [0.15, 0.2) is 0 Å². The zero-order valence-electron chi connectivity index (χ0n) is 9.72. The molecule has 18 heavy (non-hydrogen) atoms. The fraction of sp³-hybridized carbons (Fsp3) is 0.0625. The second kappa shape index (κ2) is 3.95. The summed E-state index contributed by atoms with van der Waals surface area (Å²) in [5, 5.41) is 1.06. The van der Waals surface area contributed by atoms with Crippen LogP contribution in [-0.4, -0.2) is 11.5 Å². The van der Waals surface area contributed by atoms with Crippen LogP contribution in [0, 0.1) is 24.8 Å². The molecule has 0 N–H and O–H groups in total. The lowest BCUT2D eigenvalue weighted by Gasteiger charge is -2.25. The lowest BCUT2D eigenvalue weighted by molar-refractivity contribution is 1.11. The van der Waals surface area contributed by atoms with E-state index in [-0.39, 0.29) is 0 Å². The van der Waals surface area contributed by atoms with Crippen molar-refractivity contribution in [1.82, 2.24) is 4.98 Å². The van der Waals surface area contributed by atoms with Crippen LogP contribution in [-0.2, 0) is 0 Å². The van der Waals surface area contributed by atoms with Crippen LogP contribution in [0.2, 0.25) is 0 Å². The number of hydrogen-bond donors (Lipinski definition) is 0. The highest BCUT2D eigenvalue weighted by Gasteiger charge is 2.19. The predicted octanol–water partition coefficient (Wildman–Crippen LogP) is 2.66. The fourth-order valence-corrected chi connectivity index (χ4v) is 2.26. The molecule has 0 fully saturated rings. The molecule has 3 rings (SSSR count). The van der Waals surface area contributed by atoms with Gasteiger partial charge >= 0.3 is 0 Å². The molecule has 0 spiro atoms. The third kappa shape index (κ3) is 1.37. The number of allylic oxidation sites excluding steroid dienone is 1. The molecule has 1 aliphatic heterocycles. The molecule has 0 unspecified atom stereocenters.